The number of hydrogen-bond donors (Lipinski definition) is 1. The number of halogens is 1. The molecule has 0 aliphatic rings. The molecule has 2 aromatic carbocycles. The normalized spacial score (nSPS) is 11.1. The summed E-state index contributed by atoms with van der Waals surface area (Å²) >= 11 is 6.04. The van der Waals surface area contributed by atoms with Gasteiger partial charge >= 0.3 is 0 Å². The molecule has 1 heterocycles. The maximum absolute atomic E-state index is 9.47. The third-order valence-corrected chi connectivity index (χ3v) is 2.85. The number of hydrogen-bond acceptors (Lipinski definition) is 2. The van der Waals surface area contributed by atoms with E-state index in [-0.39, 0.29) is 5.75 Å². The fourth-order valence-corrected chi connectivity index (χ4v) is 2.10. The van der Waals surface area contributed by atoms with Gasteiger partial charge in [-0.1, -0.05) is 29.8 Å². The van der Waals surface area contributed by atoms with E-state index in [0.717, 1.165) is 21.8 Å². The number of fused-ring (bicyclic) bond motifs is 2. The summed E-state index contributed by atoms with van der Waals surface area (Å²) in [5, 5.41) is 11.8. The molecule has 0 atom stereocenters. The van der Waals surface area contributed by atoms with Gasteiger partial charge in [-0.25, -0.2) is 4.98 Å². The van der Waals surface area contributed by atoms with Crippen LogP contribution in [0.5, 0.6) is 5.75 Å². The van der Waals surface area contributed by atoms with Crippen LogP contribution < -0.4 is 0 Å². The van der Waals surface area contributed by atoms with Crippen molar-refractivity contribution in [3.63, 3.8) is 0 Å². The Morgan fingerprint density at radius 1 is 1.00 bits per heavy atom. The minimum absolute atomic E-state index is 0.162. The quantitative estimate of drug-likeness (QED) is 0.596. The minimum Gasteiger partial charge on any atom is -0.508 e. The first-order valence-corrected chi connectivity index (χ1v) is 5.30. The van der Waals surface area contributed by atoms with Crippen LogP contribution in [0.3, 0.4) is 0 Å². The molecular formula is C13H8ClNO. The van der Waals surface area contributed by atoms with Gasteiger partial charge in [-0.2, -0.15) is 0 Å². The lowest BCUT2D eigenvalue weighted by atomic mass is 10.1. The van der Waals surface area contributed by atoms with Crippen molar-refractivity contribution in [1.29, 1.82) is 0 Å². The molecule has 3 rings (SSSR count). The van der Waals surface area contributed by atoms with Gasteiger partial charge in [-0.3, -0.25) is 0 Å². The van der Waals surface area contributed by atoms with Gasteiger partial charge in [-0.15, -0.1) is 0 Å². The van der Waals surface area contributed by atoms with Crippen molar-refractivity contribution in [3.8, 4) is 5.75 Å². The number of benzene rings is 2. The van der Waals surface area contributed by atoms with Crippen molar-refractivity contribution in [3.05, 3.63) is 47.5 Å². The summed E-state index contributed by atoms with van der Waals surface area (Å²) in [6.07, 6.45) is 0. The van der Waals surface area contributed by atoms with Crippen molar-refractivity contribution in [2.75, 3.05) is 0 Å². The van der Waals surface area contributed by atoms with Crippen molar-refractivity contribution in [1.82, 2.24) is 4.98 Å². The monoisotopic (exact) mass is 229 g/mol. The van der Waals surface area contributed by atoms with Crippen LogP contribution in [-0.2, 0) is 0 Å². The van der Waals surface area contributed by atoms with Gasteiger partial charge in [0.25, 0.3) is 0 Å². The van der Waals surface area contributed by atoms with E-state index in [4.69, 9.17) is 11.6 Å². The van der Waals surface area contributed by atoms with Crippen molar-refractivity contribution >= 4 is 33.4 Å². The Morgan fingerprint density at radius 2 is 1.81 bits per heavy atom. The Labute approximate surface area is 97.1 Å². The van der Waals surface area contributed by atoms with Crippen LogP contribution in [0.1, 0.15) is 0 Å². The predicted molar refractivity (Wildman–Crippen MR) is 65.9 cm³/mol. The molecule has 0 bridgehead atoms. The highest BCUT2D eigenvalue weighted by atomic mass is 35.5. The zero-order valence-corrected chi connectivity index (χ0v) is 9.07. The lowest BCUT2D eigenvalue weighted by Crippen LogP contribution is -1.83. The fourth-order valence-electron chi connectivity index (χ4n) is 1.83. The summed E-state index contributed by atoms with van der Waals surface area (Å²) in [4.78, 5) is 4.48. The highest BCUT2D eigenvalue weighted by Crippen LogP contribution is 2.29. The first-order chi connectivity index (χ1) is 7.74. The van der Waals surface area contributed by atoms with Crippen LogP contribution in [0, 0.1) is 0 Å². The van der Waals surface area contributed by atoms with Crippen molar-refractivity contribution < 1.29 is 5.11 Å². The molecule has 2 nitrogen and oxygen atoms in total. The molecule has 0 radical (unpaired) electrons. The summed E-state index contributed by atoms with van der Waals surface area (Å²) < 4.78 is 0. The summed E-state index contributed by atoms with van der Waals surface area (Å²) in [5.41, 5.74) is 1.63. The average molecular weight is 230 g/mol. The van der Waals surface area contributed by atoms with Crippen LogP contribution in [-0.4, -0.2) is 10.1 Å². The number of phenols is 1. The molecule has 0 amide bonds. The second kappa shape index (κ2) is 3.35. The van der Waals surface area contributed by atoms with E-state index in [0.29, 0.717) is 5.02 Å². The van der Waals surface area contributed by atoms with E-state index in [1.54, 1.807) is 6.07 Å². The van der Waals surface area contributed by atoms with E-state index in [2.05, 4.69) is 4.98 Å². The summed E-state index contributed by atoms with van der Waals surface area (Å²) in [6.45, 7) is 0. The van der Waals surface area contributed by atoms with Crippen LogP contribution >= 0.6 is 11.6 Å². The molecule has 78 valence electrons. The first-order valence-electron chi connectivity index (χ1n) is 4.92. The second-order valence-electron chi connectivity index (χ2n) is 3.68. The minimum atomic E-state index is 0.162. The largest absolute Gasteiger partial charge is 0.508 e. The third kappa shape index (κ3) is 1.39. The summed E-state index contributed by atoms with van der Waals surface area (Å²) in [5.74, 6) is 0.162. The molecule has 0 aliphatic carbocycles. The molecular weight excluding hydrogens is 222 g/mol. The lowest BCUT2D eigenvalue weighted by molar-refractivity contribution is 0.476. The standard InChI is InChI=1S/C13H8ClNO/c14-11-7-10(16)6-9-5-8-3-1-2-4-12(8)15-13(9)11/h1-7,16H. The van der Waals surface area contributed by atoms with E-state index in [9.17, 15) is 5.11 Å². The van der Waals surface area contributed by atoms with Crippen LogP contribution in [0.2, 0.25) is 5.02 Å². The predicted octanol–water partition coefficient (Wildman–Crippen LogP) is 3.75. The van der Waals surface area contributed by atoms with Crippen molar-refractivity contribution in [2.24, 2.45) is 0 Å². The number of aromatic nitrogens is 1. The van der Waals surface area contributed by atoms with Gasteiger partial charge in [0.05, 0.1) is 16.1 Å². The third-order valence-electron chi connectivity index (χ3n) is 2.56. The Bertz CT molecular complexity index is 694. The molecule has 0 saturated heterocycles. The highest BCUT2D eigenvalue weighted by Gasteiger charge is 2.04. The maximum Gasteiger partial charge on any atom is 0.117 e. The van der Waals surface area contributed by atoms with Crippen LogP contribution in [0.25, 0.3) is 21.8 Å². The molecule has 1 aromatic heterocycles. The van der Waals surface area contributed by atoms with Crippen molar-refractivity contribution in [2.45, 2.75) is 0 Å². The highest BCUT2D eigenvalue weighted by molar-refractivity contribution is 6.35. The van der Waals surface area contributed by atoms with E-state index < -0.39 is 0 Å². The Balaban J connectivity index is 2.51. The average Bonchev–Trinajstić information content (AvgIpc) is 2.27. The molecule has 0 saturated carbocycles. The molecule has 1 N–H and O–H groups in total. The number of rotatable bonds is 0. The molecule has 16 heavy (non-hydrogen) atoms. The van der Waals surface area contributed by atoms with E-state index in [1.807, 2.05) is 30.3 Å². The first kappa shape index (κ1) is 9.43. The van der Waals surface area contributed by atoms with Gasteiger partial charge in [0.1, 0.15) is 5.75 Å². The SMILES string of the molecule is Oc1cc(Cl)c2nc3ccccc3cc2c1. The van der Waals surface area contributed by atoms with Gasteiger partial charge in [0.15, 0.2) is 0 Å². The summed E-state index contributed by atoms with van der Waals surface area (Å²) in [7, 11) is 0. The summed E-state index contributed by atoms with van der Waals surface area (Å²) in [6, 6.07) is 13.0. The molecule has 3 heteroatoms. The van der Waals surface area contributed by atoms with E-state index >= 15 is 0 Å². The van der Waals surface area contributed by atoms with Gasteiger partial charge < -0.3 is 5.11 Å². The number of phenolic OH excluding ortho intramolecular Hbond substituents is 1. The molecule has 0 fully saturated rings. The molecule has 0 spiro atoms. The molecule has 3 aromatic rings. The van der Waals surface area contributed by atoms with Gasteiger partial charge in [0, 0.05) is 16.8 Å². The smallest absolute Gasteiger partial charge is 0.117 e. The number of nitrogens with zero attached hydrogens (tertiary/aromatic N) is 1. The zero-order chi connectivity index (χ0) is 11.1. The zero-order valence-electron chi connectivity index (χ0n) is 8.31. The molecule has 0 unspecified atom stereocenters. The second-order valence-corrected chi connectivity index (χ2v) is 4.09. The maximum atomic E-state index is 9.47. The number of para-hydroxylation sites is 1. The van der Waals surface area contributed by atoms with Crippen LogP contribution in [0.4, 0.5) is 0 Å². The molecule has 0 aliphatic heterocycles. The topological polar surface area (TPSA) is 33.1 Å². The Morgan fingerprint density at radius 3 is 2.69 bits per heavy atom. The Kier molecular flexibility index (Phi) is 1.98. The number of pyridine rings is 1. The van der Waals surface area contributed by atoms with E-state index in [1.165, 1.54) is 6.07 Å². The van der Waals surface area contributed by atoms with Crippen LogP contribution in [0.15, 0.2) is 42.5 Å². The lowest BCUT2D eigenvalue weighted by Gasteiger charge is -2.03. The fraction of sp³-hybridized carbons (Fsp3) is 0. The number of aromatic hydroxyl groups is 1. The van der Waals surface area contributed by atoms with Gasteiger partial charge in [0.2, 0.25) is 0 Å². The Hall–Kier alpha value is -1.80. The van der Waals surface area contributed by atoms with Gasteiger partial charge in [-0.05, 0) is 18.2 Å².